The molecule has 0 bridgehead atoms. The summed E-state index contributed by atoms with van der Waals surface area (Å²) in [4.78, 5) is 0. The van der Waals surface area contributed by atoms with E-state index in [0.29, 0.717) is 12.0 Å². The average Bonchev–Trinajstić information content (AvgIpc) is 2.55. The van der Waals surface area contributed by atoms with Gasteiger partial charge in [0.05, 0.1) is 13.2 Å². The molecule has 1 N–H and O–H groups in total. The molecule has 0 saturated carbocycles. The van der Waals surface area contributed by atoms with E-state index >= 15 is 0 Å². The van der Waals surface area contributed by atoms with Crippen LogP contribution in [-0.4, -0.2) is 32.6 Å². The van der Waals surface area contributed by atoms with E-state index < -0.39 is 0 Å². The van der Waals surface area contributed by atoms with Crippen molar-refractivity contribution in [1.29, 1.82) is 0 Å². The highest BCUT2D eigenvalue weighted by atomic mass is 16.7. The third-order valence-electron chi connectivity index (χ3n) is 4.27. The molecule has 3 heteroatoms. The molecule has 3 rings (SSSR count). The summed E-state index contributed by atoms with van der Waals surface area (Å²) >= 11 is 0. The zero-order valence-electron chi connectivity index (χ0n) is 12.7. The van der Waals surface area contributed by atoms with Gasteiger partial charge in [-0.1, -0.05) is 42.5 Å². The van der Waals surface area contributed by atoms with E-state index in [1.54, 1.807) is 0 Å². The van der Waals surface area contributed by atoms with Gasteiger partial charge in [-0.3, -0.25) is 0 Å². The number of rotatable bonds is 4. The van der Waals surface area contributed by atoms with Crippen LogP contribution in [0.1, 0.15) is 24.8 Å². The smallest absolute Gasteiger partial charge is 0.159 e. The normalized spacial score (nSPS) is 24.1. The van der Waals surface area contributed by atoms with Crippen molar-refractivity contribution in [3.8, 4) is 0 Å². The van der Waals surface area contributed by atoms with Crippen LogP contribution in [-0.2, 0) is 9.47 Å². The molecule has 112 valence electrons. The van der Waals surface area contributed by atoms with Crippen molar-refractivity contribution in [2.75, 3.05) is 20.3 Å². The summed E-state index contributed by atoms with van der Waals surface area (Å²) in [6.45, 7) is 3.60. The first-order valence-electron chi connectivity index (χ1n) is 7.66. The number of hydrogen-bond donors (Lipinski definition) is 1. The fraction of sp³-hybridized carbons (Fsp3) is 0.444. The van der Waals surface area contributed by atoms with Gasteiger partial charge in [-0.2, -0.15) is 0 Å². The predicted molar refractivity (Wildman–Crippen MR) is 85.5 cm³/mol. The van der Waals surface area contributed by atoms with Gasteiger partial charge in [-0.05, 0) is 30.3 Å². The Kier molecular flexibility index (Phi) is 4.54. The van der Waals surface area contributed by atoms with Crippen molar-refractivity contribution in [2.45, 2.75) is 31.6 Å². The van der Waals surface area contributed by atoms with Gasteiger partial charge in [0.1, 0.15) is 0 Å². The van der Waals surface area contributed by atoms with Crippen molar-refractivity contribution >= 4 is 10.8 Å². The molecule has 1 atom stereocenters. The highest BCUT2D eigenvalue weighted by molar-refractivity contribution is 5.86. The Bertz CT molecular complexity index is 585. The Balaban J connectivity index is 1.71. The lowest BCUT2D eigenvalue weighted by molar-refractivity contribution is -0.191. The maximum atomic E-state index is 5.90. The van der Waals surface area contributed by atoms with Gasteiger partial charge in [-0.15, -0.1) is 0 Å². The first kappa shape index (κ1) is 14.5. The summed E-state index contributed by atoms with van der Waals surface area (Å²) in [6.07, 6.45) is 0.803. The molecule has 1 fully saturated rings. The third-order valence-corrected chi connectivity index (χ3v) is 4.27. The van der Waals surface area contributed by atoms with Crippen molar-refractivity contribution in [3.63, 3.8) is 0 Å². The summed E-state index contributed by atoms with van der Waals surface area (Å²) in [5, 5.41) is 5.80. The monoisotopic (exact) mass is 285 g/mol. The van der Waals surface area contributed by atoms with Crippen molar-refractivity contribution in [2.24, 2.45) is 0 Å². The van der Waals surface area contributed by atoms with Gasteiger partial charge >= 0.3 is 0 Å². The third kappa shape index (κ3) is 3.26. The molecule has 0 amide bonds. The maximum absolute atomic E-state index is 5.90. The van der Waals surface area contributed by atoms with Crippen LogP contribution in [0.3, 0.4) is 0 Å². The Morgan fingerprint density at radius 3 is 2.57 bits per heavy atom. The van der Waals surface area contributed by atoms with Gasteiger partial charge in [0.25, 0.3) is 0 Å². The van der Waals surface area contributed by atoms with E-state index in [4.69, 9.17) is 9.47 Å². The van der Waals surface area contributed by atoms with E-state index in [1.807, 2.05) is 7.05 Å². The molecule has 1 unspecified atom stereocenters. The molecule has 0 radical (unpaired) electrons. The summed E-state index contributed by atoms with van der Waals surface area (Å²) in [6, 6.07) is 15.4. The molecule has 0 aromatic heterocycles. The summed E-state index contributed by atoms with van der Waals surface area (Å²) in [5.74, 6) is 0.317. The van der Waals surface area contributed by atoms with Crippen molar-refractivity contribution in [1.82, 2.24) is 5.32 Å². The highest BCUT2D eigenvalue weighted by Gasteiger charge is 2.25. The van der Waals surface area contributed by atoms with E-state index in [1.165, 1.54) is 16.3 Å². The summed E-state index contributed by atoms with van der Waals surface area (Å²) < 4.78 is 11.8. The molecule has 1 saturated heterocycles. The topological polar surface area (TPSA) is 30.5 Å². The number of fused-ring (bicyclic) bond motifs is 1. The molecule has 21 heavy (non-hydrogen) atoms. The fourth-order valence-corrected chi connectivity index (χ4v) is 2.87. The van der Waals surface area contributed by atoms with Crippen LogP contribution >= 0.6 is 0 Å². The van der Waals surface area contributed by atoms with Gasteiger partial charge < -0.3 is 14.8 Å². The summed E-state index contributed by atoms with van der Waals surface area (Å²) in [7, 11) is 1.96. The van der Waals surface area contributed by atoms with E-state index in [-0.39, 0.29) is 6.29 Å². The van der Waals surface area contributed by atoms with Crippen LogP contribution in [0.15, 0.2) is 42.5 Å². The van der Waals surface area contributed by atoms with Crippen LogP contribution in [0.25, 0.3) is 10.8 Å². The van der Waals surface area contributed by atoms with Gasteiger partial charge in [0.15, 0.2) is 6.29 Å². The molecule has 1 aliphatic heterocycles. The SMILES string of the molecule is CNC(C)CC1OCC(c2cccc3ccccc23)CO1. The Labute approximate surface area is 126 Å². The van der Waals surface area contributed by atoms with Crippen molar-refractivity contribution in [3.05, 3.63) is 48.0 Å². The van der Waals surface area contributed by atoms with Crippen LogP contribution in [0.5, 0.6) is 0 Å². The van der Waals surface area contributed by atoms with Gasteiger partial charge in [0, 0.05) is 18.4 Å². The molecule has 1 heterocycles. The van der Waals surface area contributed by atoms with Gasteiger partial charge in [-0.25, -0.2) is 0 Å². The first-order chi connectivity index (χ1) is 10.3. The first-order valence-corrected chi connectivity index (χ1v) is 7.66. The largest absolute Gasteiger partial charge is 0.352 e. The van der Waals surface area contributed by atoms with Crippen LogP contribution in [0, 0.1) is 0 Å². The Morgan fingerprint density at radius 1 is 1.10 bits per heavy atom. The number of ether oxygens (including phenoxy) is 2. The van der Waals surface area contributed by atoms with Crippen molar-refractivity contribution < 1.29 is 9.47 Å². The maximum Gasteiger partial charge on any atom is 0.159 e. The lowest BCUT2D eigenvalue weighted by Crippen LogP contribution is -2.35. The minimum Gasteiger partial charge on any atom is -0.352 e. The van der Waals surface area contributed by atoms with E-state index in [0.717, 1.165) is 19.6 Å². The molecule has 1 aliphatic rings. The minimum absolute atomic E-state index is 0.0846. The second-order valence-electron chi connectivity index (χ2n) is 5.79. The van der Waals surface area contributed by atoms with Crippen LogP contribution < -0.4 is 5.32 Å². The van der Waals surface area contributed by atoms with Gasteiger partial charge in [0.2, 0.25) is 0 Å². The van der Waals surface area contributed by atoms with Crippen LogP contribution in [0.2, 0.25) is 0 Å². The molecule has 2 aromatic rings. The lowest BCUT2D eigenvalue weighted by Gasteiger charge is -2.31. The summed E-state index contributed by atoms with van der Waals surface area (Å²) in [5.41, 5.74) is 1.33. The van der Waals surface area contributed by atoms with E-state index in [9.17, 15) is 0 Å². The fourth-order valence-electron chi connectivity index (χ4n) is 2.87. The molecule has 2 aromatic carbocycles. The zero-order chi connectivity index (χ0) is 14.7. The quantitative estimate of drug-likeness (QED) is 0.935. The number of hydrogen-bond acceptors (Lipinski definition) is 3. The Hall–Kier alpha value is -1.42. The molecule has 3 nitrogen and oxygen atoms in total. The molecule has 0 spiro atoms. The molecular weight excluding hydrogens is 262 g/mol. The van der Waals surface area contributed by atoms with E-state index in [2.05, 4.69) is 54.7 Å². The molecule has 0 aliphatic carbocycles. The standard InChI is InChI=1S/C18H23NO2/c1-13(19-2)10-18-20-11-15(12-21-18)17-9-5-7-14-6-3-4-8-16(14)17/h3-9,13,15,18-19H,10-12H2,1-2H3. The highest BCUT2D eigenvalue weighted by Crippen LogP contribution is 2.29. The predicted octanol–water partition coefficient (Wildman–Crippen LogP) is 3.29. The second-order valence-corrected chi connectivity index (χ2v) is 5.79. The van der Waals surface area contributed by atoms with Crippen LogP contribution in [0.4, 0.5) is 0 Å². The Morgan fingerprint density at radius 2 is 1.81 bits per heavy atom. The zero-order valence-corrected chi connectivity index (χ0v) is 12.7. The molecular formula is C18H23NO2. The minimum atomic E-state index is -0.0846. The lowest BCUT2D eigenvalue weighted by atomic mass is 9.94. The number of nitrogens with one attached hydrogen (secondary N) is 1. The average molecular weight is 285 g/mol. The number of benzene rings is 2. The second kappa shape index (κ2) is 6.56.